The number of ether oxygens (including phenoxy) is 1. The Labute approximate surface area is 168 Å². The number of urea groups is 1. The molecule has 1 aliphatic rings. The van der Waals surface area contributed by atoms with E-state index < -0.39 is 42.0 Å². The third-order valence-electron chi connectivity index (χ3n) is 4.98. The topological polar surface area (TPSA) is 122 Å². The van der Waals surface area contributed by atoms with Crippen molar-refractivity contribution in [2.45, 2.75) is 52.2 Å². The Bertz CT molecular complexity index is 829. The molecule has 29 heavy (non-hydrogen) atoms. The van der Waals surface area contributed by atoms with Gasteiger partial charge in [-0.3, -0.25) is 24.1 Å². The summed E-state index contributed by atoms with van der Waals surface area (Å²) in [5.41, 5.74) is -0.0641. The van der Waals surface area contributed by atoms with Crippen molar-refractivity contribution in [1.82, 2.24) is 10.2 Å². The molecule has 2 rings (SSSR count). The van der Waals surface area contributed by atoms with Crippen LogP contribution in [0.2, 0.25) is 0 Å². The van der Waals surface area contributed by atoms with Crippen LogP contribution in [0.15, 0.2) is 24.3 Å². The number of nitrogens with zero attached hydrogens (tertiary/aromatic N) is 1. The summed E-state index contributed by atoms with van der Waals surface area (Å²) in [5.74, 6) is -2.03. The number of carbonyl (C=O) groups is 5. The molecule has 0 aliphatic carbocycles. The lowest BCUT2D eigenvalue weighted by Gasteiger charge is -2.23. The van der Waals surface area contributed by atoms with Crippen molar-refractivity contribution in [3.8, 4) is 0 Å². The second kappa shape index (κ2) is 8.85. The predicted molar refractivity (Wildman–Crippen MR) is 104 cm³/mol. The highest BCUT2D eigenvalue weighted by molar-refractivity contribution is 6.08. The van der Waals surface area contributed by atoms with Crippen LogP contribution in [0, 0.1) is 0 Å². The van der Waals surface area contributed by atoms with Crippen LogP contribution < -0.4 is 10.6 Å². The number of esters is 1. The van der Waals surface area contributed by atoms with Crippen LogP contribution in [-0.2, 0) is 19.1 Å². The van der Waals surface area contributed by atoms with Crippen molar-refractivity contribution >= 4 is 35.3 Å². The van der Waals surface area contributed by atoms with Crippen molar-refractivity contribution in [1.29, 1.82) is 0 Å². The van der Waals surface area contributed by atoms with E-state index in [9.17, 15) is 24.0 Å². The first kappa shape index (κ1) is 22.1. The lowest BCUT2D eigenvalue weighted by atomic mass is 9.93. The molecule has 1 heterocycles. The number of rotatable bonds is 8. The second-order valence-electron chi connectivity index (χ2n) is 6.87. The lowest BCUT2D eigenvalue weighted by Crippen LogP contribution is -2.46. The quantitative estimate of drug-likeness (QED) is 0.388. The summed E-state index contributed by atoms with van der Waals surface area (Å²) in [4.78, 5) is 61.0. The summed E-state index contributed by atoms with van der Waals surface area (Å²) < 4.78 is 5.06. The van der Waals surface area contributed by atoms with E-state index in [1.807, 2.05) is 0 Å². The average molecular weight is 403 g/mol. The maximum absolute atomic E-state index is 12.5. The fourth-order valence-electron chi connectivity index (χ4n) is 3.00. The molecule has 0 spiro atoms. The van der Waals surface area contributed by atoms with E-state index in [0.29, 0.717) is 24.1 Å². The van der Waals surface area contributed by atoms with Gasteiger partial charge in [-0.2, -0.15) is 0 Å². The largest absolute Gasteiger partial charge is 0.451 e. The molecule has 0 aromatic heterocycles. The highest BCUT2D eigenvalue weighted by atomic mass is 16.5. The summed E-state index contributed by atoms with van der Waals surface area (Å²) in [5, 5.41) is 5.19. The zero-order chi connectivity index (χ0) is 21.8. The monoisotopic (exact) mass is 403 g/mol. The summed E-state index contributed by atoms with van der Waals surface area (Å²) >= 11 is 0. The number of hydrogen-bond acceptors (Lipinski definition) is 6. The Morgan fingerprint density at radius 1 is 1.14 bits per heavy atom. The molecule has 2 N–H and O–H groups in total. The third kappa shape index (κ3) is 4.79. The first-order valence-corrected chi connectivity index (χ1v) is 9.39. The molecular formula is C20H25N3O6. The number of ketones is 1. The normalized spacial score (nSPS) is 16.2. The highest BCUT2D eigenvalue weighted by Gasteiger charge is 2.49. The minimum Gasteiger partial charge on any atom is -0.451 e. The van der Waals surface area contributed by atoms with Gasteiger partial charge in [-0.25, -0.2) is 4.79 Å². The Hall–Kier alpha value is -3.23. The molecule has 0 unspecified atom stereocenters. The van der Waals surface area contributed by atoms with E-state index in [2.05, 4.69) is 10.6 Å². The standard InChI is InChI=1S/C20H25N3O6/c1-5-20(6-2)18(27)23(19(28)22-20)11-16(25)29-13(4)17(26)21-15-9-7-14(8-10-15)12(3)24/h7-10,13H,5-6,11H2,1-4H3,(H,21,26)(H,22,28)/t13-/m1/s1. The number of hydrogen-bond donors (Lipinski definition) is 2. The SMILES string of the molecule is CCC1(CC)NC(=O)N(CC(=O)O[C@H](C)C(=O)Nc2ccc(C(C)=O)cc2)C1=O. The van der Waals surface area contributed by atoms with E-state index in [1.165, 1.54) is 13.8 Å². The molecule has 1 atom stereocenters. The van der Waals surface area contributed by atoms with Crippen LogP contribution in [0.1, 0.15) is 50.9 Å². The van der Waals surface area contributed by atoms with E-state index in [0.717, 1.165) is 4.90 Å². The number of anilines is 1. The Kier molecular flexibility index (Phi) is 6.73. The van der Waals surface area contributed by atoms with Gasteiger partial charge >= 0.3 is 12.0 Å². The zero-order valence-corrected chi connectivity index (χ0v) is 16.9. The molecule has 0 bridgehead atoms. The predicted octanol–water partition coefficient (Wildman–Crippen LogP) is 1.87. The van der Waals surface area contributed by atoms with Crippen LogP contribution in [0.5, 0.6) is 0 Å². The Morgan fingerprint density at radius 2 is 1.72 bits per heavy atom. The number of benzene rings is 1. The molecule has 9 nitrogen and oxygen atoms in total. The average Bonchev–Trinajstić information content (AvgIpc) is 2.92. The first-order chi connectivity index (χ1) is 13.6. The fourth-order valence-corrected chi connectivity index (χ4v) is 3.00. The van der Waals surface area contributed by atoms with E-state index in [1.54, 1.807) is 38.1 Å². The molecule has 1 aromatic rings. The zero-order valence-electron chi connectivity index (χ0n) is 16.9. The van der Waals surface area contributed by atoms with Gasteiger partial charge < -0.3 is 15.4 Å². The number of carbonyl (C=O) groups excluding carboxylic acids is 5. The molecule has 156 valence electrons. The smallest absolute Gasteiger partial charge is 0.327 e. The van der Waals surface area contributed by atoms with Crippen molar-refractivity contribution in [3.63, 3.8) is 0 Å². The Morgan fingerprint density at radius 3 is 2.21 bits per heavy atom. The van der Waals surface area contributed by atoms with E-state index >= 15 is 0 Å². The molecule has 1 aromatic carbocycles. The van der Waals surface area contributed by atoms with Gasteiger partial charge in [0.2, 0.25) is 0 Å². The number of nitrogens with one attached hydrogen (secondary N) is 2. The second-order valence-corrected chi connectivity index (χ2v) is 6.87. The Balaban J connectivity index is 1.93. The van der Waals surface area contributed by atoms with E-state index in [4.69, 9.17) is 4.74 Å². The van der Waals surface area contributed by atoms with Gasteiger partial charge in [0.15, 0.2) is 11.9 Å². The van der Waals surface area contributed by atoms with Crippen molar-refractivity contribution in [2.24, 2.45) is 0 Å². The van der Waals surface area contributed by atoms with Gasteiger partial charge in [0, 0.05) is 11.3 Å². The molecule has 0 radical (unpaired) electrons. The van der Waals surface area contributed by atoms with Gasteiger partial charge in [0.1, 0.15) is 12.1 Å². The van der Waals surface area contributed by atoms with Gasteiger partial charge in [-0.15, -0.1) is 0 Å². The van der Waals surface area contributed by atoms with E-state index in [-0.39, 0.29) is 5.78 Å². The van der Waals surface area contributed by atoms with Crippen molar-refractivity contribution < 1.29 is 28.7 Å². The number of imide groups is 1. The summed E-state index contributed by atoms with van der Waals surface area (Å²) in [6, 6.07) is 5.61. The molecule has 1 aliphatic heterocycles. The summed E-state index contributed by atoms with van der Waals surface area (Å²) in [6.07, 6.45) is -0.334. The molecule has 0 saturated carbocycles. The van der Waals surface area contributed by atoms with Crippen LogP contribution in [0.25, 0.3) is 0 Å². The van der Waals surface area contributed by atoms with Crippen LogP contribution >= 0.6 is 0 Å². The van der Waals surface area contributed by atoms with Gasteiger partial charge in [-0.1, -0.05) is 13.8 Å². The number of amides is 4. The summed E-state index contributed by atoms with van der Waals surface area (Å²) in [7, 11) is 0. The van der Waals surface area contributed by atoms with Crippen LogP contribution in [0.4, 0.5) is 10.5 Å². The minimum absolute atomic E-state index is 0.0964. The number of Topliss-reactive ketones (excluding diaryl/α,β-unsaturated/α-hetero) is 1. The minimum atomic E-state index is -1.14. The molecule has 1 saturated heterocycles. The maximum Gasteiger partial charge on any atom is 0.327 e. The third-order valence-corrected chi connectivity index (χ3v) is 4.98. The van der Waals surface area contributed by atoms with Crippen molar-refractivity contribution in [3.05, 3.63) is 29.8 Å². The van der Waals surface area contributed by atoms with Crippen LogP contribution in [0.3, 0.4) is 0 Å². The van der Waals surface area contributed by atoms with Gasteiger partial charge in [0.05, 0.1) is 0 Å². The molecule has 1 fully saturated rings. The maximum atomic E-state index is 12.5. The van der Waals surface area contributed by atoms with Gasteiger partial charge in [0.25, 0.3) is 11.8 Å². The van der Waals surface area contributed by atoms with Crippen LogP contribution in [-0.4, -0.2) is 52.7 Å². The molecule has 4 amide bonds. The molecular weight excluding hydrogens is 378 g/mol. The highest BCUT2D eigenvalue weighted by Crippen LogP contribution is 2.24. The first-order valence-electron chi connectivity index (χ1n) is 9.39. The van der Waals surface area contributed by atoms with Gasteiger partial charge in [-0.05, 0) is 51.0 Å². The van der Waals surface area contributed by atoms with Crippen molar-refractivity contribution in [2.75, 3.05) is 11.9 Å². The lowest BCUT2D eigenvalue weighted by molar-refractivity contribution is -0.155. The fraction of sp³-hybridized carbons (Fsp3) is 0.450. The molecule has 9 heteroatoms. The summed E-state index contributed by atoms with van der Waals surface area (Å²) in [6.45, 7) is 5.80.